The molecule has 0 saturated carbocycles. The summed E-state index contributed by atoms with van der Waals surface area (Å²) in [7, 11) is 0. The molecule has 2 N–H and O–H groups in total. The van der Waals surface area contributed by atoms with Crippen LogP contribution in [0.25, 0.3) is 0 Å². The average Bonchev–Trinajstić information content (AvgIpc) is 3.15. The van der Waals surface area contributed by atoms with Gasteiger partial charge in [0.25, 0.3) is 5.56 Å². The zero-order valence-electron chi connectivity index (χ0n) is 12.4. The first-order valence-corrected chi connectivity index (χ1v) is 10.7. The molecule has 1 fully saturated rings. The first kappa shape index (κ1) is 15.4. The molecule has 1 amide bonds. The van der Waals surface area contributed by atoms with E-state index in [2.05, 4.69) is 10.4 Å². The van der Waals surface area contributed by atoms with Crippen LogP contribution in [0.2, 0.25) is 0 Å². The number of anilines is 1. The number of thiophene rings is 1. The third-order valence-electron chi connectivity index (χ3n) is 4.22. The molecule has 0 unspecified atom stereocenters. The second-order valence-corrected chi connectivity index (χ2v) is 8.97. The van der Waals surface area contributed by atoms with Gasteiger partial charge in [-0.3, -0.25) is 19.4 Å². The predicted octanol–water partition coefficient (Wildman–Crippen LogP) is 3.08. The predicted molar refractivity (Wildman–Crippen MR) is 97.9 cm³/mol. The van der Waals surface area contributed by atoms with Crippen LogP contribution >= 0.6 is 34.9 Å². The molecule has 0 bridgehead atoms. The molecule has 0 spiro atoms. The fraction of sp³-hybridized carbons (Fsp3) is 0.467. The van der Waals surface area contributed by atoms with Crippen LogP contribution in [0.4, 0.5) is 5.82 Å². The van der Waals surface area contributed by atoms with Gasteiger partial charge >= 0.3 is 0 Å². The second-order valence-electron chi connectivity index (χ2n) is 5.67. The van der Waals surface area contributed by atoms with Crippen molar-refractivity contribution in [3.8, 4) is 0 Å². The summed E-state index contributed by atoms with van der Waals surface area (Å²) in [5.41, 5.74) is 0.618. The standard InChI is InChI=1S/C15H17N3O2S3/c19-11-8-23-13(10-2-1-5-22-10)12-14(16-11)18(17-15(12)20)9-3-6-21-7-4-9/h1-2,5,9,13H,3-4,6-8H2,(H,16,19)(H,17,20)/t13-/m0/s1. The highest BCUT2D eigenvalue weighted by molar-refractivity contribution is 8.00. The molecular formula is C15H17N3O2S3. The molecule has 2 aromatic heterocycles. The third-order valence-corrected chi connectivity index (χ3v) is 7.61. The molecule has 2 aliphatic rings. The molecule has 0 aromatic carbocycles. The van der Waals surface area contributed by atoms with Gasteiger partial charge in [-0.2, -0.15) is 11.8 Å². The molecule has 2 aliphatic heterocycles. The van der Waals surface area contributed by atoms with Crippen molar-refractivity contribution in [3.05, 3.63) is 38.3 Å². The Kier molecular flexibility index (Phi) is 4.29. The van der Waals surface area contributed by atoms with Crippen LogP contribution in [-0.2, 0) is 4.79 Å². The SMILES string of the molecule is O=C1CS[C@@H](c2cccs2)c2c(n(C3CCSCC3)[nH]c2=O)N1. The molecular weight excluding hydrogens is 350 g/mol. The van der Waals surface area contributed by atoms with Gasteiger partial charge in [0.1, 0.15) is 5.82 Å². The molecule has 0 radical (unpaired) electrons. The summed E-state index contributed by atoms with van der Waals surface area (Å²) < 4.78 is 1.92. The van der Waals surface area contributed by atoms with Gasteiger partial charge in [-0.1, -0.05) is 6.07 Å². The number of nitrogens with one attached hydrogen (secondary N) is 2. The first-order chi connectivity index (χ1) is 11.2. The normalized spacial score (nSPS) is 22.4. The number of fused-ring (bicyclic) bond motifs is 1. The molecule has 4 heterocycles. The number of hydrogen-bond donors (Lipinski definition) is 2. The van der Waals surface area contributed by atoms with Gasteiger partial charge in [0.15, 0.2) is 0 Å². The van der Waals surface area contributed by atoms with Crippen molar-refractivity contribution in [2.75, 3.05) is 22.6 Å². The van der Waals surface area contributed by atoms with E-state index >= 15 is 0 Å². The minimum absolute atomic E-state index is 0.0340. The van der Waals surface area contributed by atoms with Crippen LogP contribution in [0, 0.1) is 0 Å². The van der Waals surface area contributed by atoms with E-state index in [1.54, 1.807) is 11.3 Å². The molecule has 1 saturated heterocycles. The van der Waals surface area contributed by atoms with E-state index in [0.29, 0.717) is 17.1 Å². The Balaban J connectivity index is 1.82. The average molecular weight is 368 g/mol. The Hall–Kier alpha value is -1.12. The van der Waals surface area contributed by atoms with Crippen molar-refractivity contribution in [1.29, 1.82) is 0 Å². The lowest BCUT2D eigenvalue weighted by atomic mass is 10.1. The Morgan fingerprint density at radius 3 is 2.78 bits per heavy atom. The van der Waals surface area contributed by atoms with E-state index in [9.17, 15) is 9.59 Å². The summed E-state index contributed by atoms with van der Waals surface area (Å²) in [5, 5.41) is 7.90. The highest BCUT2D eigenvalue weighted by atomic mass is 32.2. The Bertz CT molecular complexity index is 760. The maximum atomic E-state index is 12.7. The van der Waals surface area contributed by atoms with Crippen molar-refractivity contribution in [3.63, 3.8) is 0 Å². The summed E-state index contributed by atoms with van der Waals surface area (Å²) >= 11 is 5.11. The summed E-state index contributed by atoms with van der Waals surface area (Å²) in [6.07, 6.45) is 2.04. The van der Waals surface area contributed by atoms with Gasteiger partial charge in [0, 0.05) is 4.88 Å². The third kappa shape index (κ3) is 2.88. The van der Waals surface area contributed by atoms with E-state index < -0.39 is 0 Å². The zero-order valence-corrected chi connectivity index (χ0v) is 14.9. The fourth-order valence-corrected chi connectivity index (χ4v) is 6.31. The molecule has 5 nitrogen and oxygen atoms in total. The van der Waals surface area contributed by atoms with Crippen LogP contribution in [0.1, 0.15) is 34.6 Å². The topological polar surface area (TPSA) is 66.9 Å². The van der Waals surface area contributed by atoms with Gasteiger partial charge < -0.3 is 5.32 Å². The van der Waals surface area contributed by atoms with Crippen LogP contribution < -0.4 is 10.9 Å². The molecule has 1 atom stereocenters. The minimum Gasteiger partial charge on any atom is -0.310 e. The van der Waals surface area contributed by atoms with E-state index in [-0.39, 0.29) is 22.8 Å². The highest BCUT2D eigenvalue weighted by Crippen LogP contribution is 2.42. The molecule has 8 heteroatoms. The first-order valence-electron chi connectivity index (χ1n) is 7.61. The molecule has 122 valence electrons. The van der Waals surface area contributed by atoms with Crippen molar-refractivity contribution in [1.82, 2.24) is 9.78 Å². The maximum absolute atomic E-state index is 12.7. The van der Waals surface area contributed by atoms with E-state index in [1.165, 1.54) is 11.8 Å². The summed E-state index contributed by atoms with van der Waals surface area (Å²) in [5.74, 6) is 3.21. The summed E-state index contributed by atoms with van der Waals surface area (Å²) in [6, 6.07) is 4.29. The van der Waals surface area contributed by atoms with Crippen LogP contribution in [0.15, 0.2) is 22.3 Å². The number of rotatable bonds is 2. The zero-order chi connectivity index (χ0) is 15.8. The summed E-state index contributed by atoms with van der Waals surface area (Å²) in [6.45, 7) is 0. The molecule has 23 heavy (non-hydrogen) atoms. The van der Waals surface area contributed by atoms with Crippen molar-refractivity contribution in [2.24, 2.45) is 0 Å². The van der Waals surface area contributed by atoms with E-state index in [4.69, 9.17) is 0 Å². The number of nitrogens with zero attached hydrogens (tertiary/aromatic N) is 1. The van der Waals surface area contributed by atoms with Crippen molar-refractivity contribution >= 4 is 46.6 Å². The number of carbonyl (C=O) groups is 1. The van der Waals surface area contributed by atoms with Crippen LogP contribution in [0.3, 0.4) is 0 Å². The lowest BCUT2D eigenvalue weighted by Gasteiger charge is -2.24. The lowest BCUT2D eigenvalue weighted by Crippen LogP contribution is -2.22. The van der Waals surface area contributed by atoms with Gasteiger partial charge in [-0.05, 0) is 35.8 Å². The maximum Gasteiger partial charge on any atom is 0.271 e. The number of thioether (sulfide) groups is 2. The lowest BCUT2D eigenvalue weighted by molar-refractivity contribution is -0.113. The van der Waals surface area contributed by atoms with Gasteiger partial charge in [-0.25, -0.2) is 0 Å². The number of aromatic amines is 1. The van der Waals surface area contributed by atoms with Crippen molar-refractivity contribution < 1.29 is 4.79 Å². The van der Waals surface area contributed by atoms with E-state index in [1.807, 2.05) is 34.0 Å². The quantitative estimate of drug-likeness (QED) is 0.856. The smallest absolute Gasteiger partial charge is 0.271 e. The van der Waals surface area contributed by atoms with Gasteiger partial charge in [0.05, 0.1) is 22.6 Å². The van der Waals surface area contributed by atoms with E-state index in [0.717, 1.165) is 29.2 Å². The van der Waals surface area contributed by atoms with Gasteiger partial charge in [0.2, 0.25) is 5.91 Å². The molecule has 2 aromatic rings. The molecule has 4 rings (SSSR count). The Morgan fingerprint density at radius 1 is 1.22 bits per heavy atom. The van der Waals surface area contributed by atoms with Crippen LogP contribution in [-0.4, -0.2) is 32.9 Å². The number of aromatic nitrogens is 2. The highest BCUT2D eigenvalue weighted by Gasteiger charge is 2.32. The van der Waals surface area contributed by atoms with Gasteiger partial charge in [-0.15, -0.1) is 23.1 Å². The number of amides is 1. The fourth-order valence-electron chi connectivity index (χ4n) is 3.13. The number of carbonyl (C=O) groups excluding carboxylic acids is 1. The minimum atomic E-state index is -0.0775. The van der Waals surface area contributed by atoms with Crippen molar-refractivity contribution in [2.45, 2.75) is 24.1 Å². The number of H-pyrrole nitrogens is 1. The monoisotopic (exact) mass is 367 g/mol. The largest absolute Gasteiger partial charge is 0.310 e. The summed E-state index contributed by atoms with van der Waals surface area (Å²) in [4.78, 5) is 25.9. The Labute approximate surface area is 146 Å². The molecule has 0 aliphatic carbocycles. The second kappa shape index (κ2) is 6.41. The Morgan fingerprint density at radius 2 is 2.04 bits per heavy atom. The van der Waals surface area contributed by atoms with Crippen LogP contribution in [0.5, 0.6) is 0 Å². The number of hydrogen-bond acceptors (Lipinski definition) is 5.